The molecule has 0 saturated heterocycles. The van der Waals surface area contributed by atoms with E-state index in [-0.39, 0.29) is 0 Å². The van der Waals surface area contributed by atoms with Crippen LogP contribution in [0, 0.1) is 0 Å². The number of rotatable bonds is 6. The lowest BCUT2D eigenvalue weighted by Gasteiger charge is -2.10. The standard InChI is InChI=1S/C51H31N3O2/c1-4-14-32(15-5-1)34-26-28-36(29-27-34)50-52-49(35-18-8-3-9-19-35)53-51(54-50)41-23-12-22-40-46-39(21-13-25-45(46)56-47(40)41)43-31-37(33-16-6-2-7-17-33)30-42-38-20-10-11-24-44(38)55-48(42)43/h1-31H. The van der Waals surface area contributed by atoms with Gasteiger partial charge in [-0.1, -0.05) is 158 Å². The molecule has 0 fully saturated rings. The molecule has 0 amide bonds. The van der Waals surface area contributed by atoms with Gasteiger partial charge in [0.25, 0.3) is 0 Å². The first-order valence-corrected chi connectivity index (χ1v) is 18.7. The first-order valence-electron chi connectivity index (χ1n) is 18.7. The summed E-state index contributed by atoms with van der Waals surface area (Å²) in [4.78, 5) is 15.2. The second kappa shape index (κ2) is 13.0. The Hall–Kier alpha value is -7.63. The van der Waals surface area contributed by atoms with Crippen LogP contribution < -0.4 is 0 Å². The fraction of sp³-hybridized carbons (Fsp3) is 0. The van der Waals surface area contributed by atoms with E-state index in [1.165, 1.54) is 0 Å². The predicted octanol–water partition coefficient (Wildman–Crippen LogP) is 13.7. The van der Waals surface area contributed by atoms with Gasteiger partial charge >= 0.3 is 0 Å². The molecule has 56 heavy (non-hydrogen) atoms. The minimum Gasteiger partial charge on any atom is -0.455 e. The largest absolute Gasteiger partial charge is 0.455 e. The summed E-state index contributed by atoms with van der Waals surface area (Å²) < 4.78 is 13.5. The molecule has 8 aromatic carbocycles. The zero-order valence-electron chi connectivity index (χ0n) is 30.1. The Labute approximate surface area is 322 Å². The Morgan fingerprint density at radius 3 is 1.50 bits per heavy atom. The smallest absolute Gasteiger partial charge is 0.167 e. The summed E-state index contributed by atoms with van der Waals surface area (Å²) in [6.45, 7) is 0. The molecule has 0 unspecified atom stereocenters. The van der Waals surface area contributed by atoms with Crippen LogP contribution in [0.5, 0.6) is 0 Å². The molecule has 0 atom stereocenters. The van der Waals surface area contributed by atoms with Gasteiger partial charge in [-0.05, 0) is 58.1 Å². The fourth-order valence-corrected chi connectivity index (χ4v) is 7.86. The second-order valence-electron chi connectivity index (χ2n) is 13.9. The third-order valence-electron chi connectivity index (χ3n) is 10.6. The lowest BCUT2D eigenvalue weighted by molar-refractivity contribution is 0.669. The number of nitrogens with zero attached hydrogens (tertiary/aromatic N) is 3. The molecule has 0 radical (unpaired) electrons. The predicted molar refractivity (Wildman–Crippen MR) is 227 cm³/mol. The first-order chi connectivity index (χ1) is 27.7. The van der Waals surface area contributed by atoms with Crippen LogP contribution in [0.15, 0.2) is 197 Å². The molecule has 0 aliphatic carbocycles. The summed E-state index contributed by atoms with van der Waals surface area (Å²) >= 11 is 0. The highest BCUT2D eigenvalue weighted by Gasteiger charge is 2.22. The Kier molecular flexibility index (Phi) is 7.42. The van der Waals surface area contributed by atoms with Crippen molar-refractivity contribution in [1.82, 2.24) is 15.0 Å². The van der Waals surface area contributed by atoms with E-state index < -0.39 is 0 Å². The third-order valence-corrected chi connectivity index (χ3v) is 10.6. The van der Waals surface area contributed by atoms with Crippen LogP contribution in [-0.2, 0) is 0 Å². The van der Waals surface area contributed by atoms with Crippen molar-refractivity contribution in [3.05, 3.63) is 188 Å². The highest BCUT2D eigenvalue weighted by Crippen LogP contribution is 2.45. The van der Waals surface area contributed by atoms with Crippen LogP contribution in [0.4, 0.5) is 0 Å². The Morgan fingerprint density at radius 1 is 0.286 bits per heavy atom. The molecule has 0 saturated carbocycles. The maximum atomic E-state index is 6.81. The number of furan rings is 2. The number of fused-ring (bicyclic) bond motifs is 6. The molecule has 5 nitrogen and oxygen atoms in total. The Balaban J connectivity index is 1.12. The minimum atomic E-state index is 0.540. The topological polar surface area (TPSA) is 65.0 Å². The number of hydrogen-bond acceptors (Lipinski definition) is 5. The van der Waals surface area contributed by atoms with Gasteiger partial charge in [0.2, 0.25) is 0 Å². The monoisotopic (exact) mass is 717 g/mol. The number of hydrogen-bond donors (Lipinski definition) is 0. The molecule has 5 heteroatoms. The number of aromatic nitrogens is 3. The van der Waals surface area contributed by atoms with Crippen LogP contribution in [0.3, 0.4) is 0 Å². The summed E-state index contributed by atoms with van der Waals surface area (Å²) in [5.41, 5.74) is 12.4. The molecule has 0 aliphatic heterocycles. The van der Waals surface area contributed by atoms with Crippen molar-refractivity contribution in [2.24, 2.45) is 0 Å². The average molecular weight is 718 g/mol. The second-order valence-corrected chi connectivity index (χ2v) is 13.9. The molecule has 0 aliphatic rings. The SMILES string of the molecule is c1ccc(-c2ccc(-c3nc(-c4ccccc4)nc(-c4cccc5c4oc4cccc(-c6cc(-c7ccccc7)cc7c6oc6ccccc67)c45)n3)cc2)cc1. The molecule has 0 N–H and O–H groups in total. The summed E-state index contributed by atoms with van der Waals surface area (Å²) in [6.07, 6.45) is 0. The van der Waals surface area contributed by atoms with Gasteiger partial charge in [0.1, 0.15) is 22.3 Å². The van der Waals surface area contributed by atoms with Crippen molar-refractivity contribution in [2.45, 2.75) is 0 Å². The van der Waals surface area contributed by atoms with Crippen molar-refractivity contribution in [3.63, 3.8) is 0 Å². The quantitative estimate of drug-likeness (QED) is 0.171. The molecule has 0 spiro atoms. The van der Waals surface area contributed by atoms with Gasteiger partial charge in [0, 0.05) is 38.2 Å². The van der Waals surface area contributed by atoms with Gasteiger partial charge in [0.15, 0.2) is 17.5 Å². The van der Waals surface area contributed by atoms with Crippen LogP contribution in [-0.4, -0.2) is 15.0 Å². The van der Waals surface area contributed by atoms with E-state index in [4.69, 9.17) is 23.8 Å². The van der Waals surface area contributed by atoms with Gasteiger partial charge in [-0.15, -0.1) is 0 Å². The Morgan fingerprint density at radius 2 is 0.768 bits per heavy atom. The maximum Gasteiger partial charge on any atom is 0.167 e. The minimum absolute atomic E-state index is 0.540. The zero-order chi connectivity index (χ0) is 37.0. The molecule has 11 aromatic rings. The van der Waals surface area contributed by atoms with E-state index in [2.05, 4.69) is 121 Å². The van der Waals surface area contributed by atoms with Gasteiger partial charge in [-0.25, -0.2) is 15.0 Å². The van der Waals surface area contributed by atoms with Gasteiger partial charge in [-0.3, -0.25) is 0 Å². The molecule has 3 heterocycles. The maximum absolute atomic E-state index is 6.81. The number of benzene rings is 8. The molecule has 262 valence electrons. The molecule has 0 bridgehead atoms. The number of para-hydroxylation sites is 2. The first kappa shape index (κ1) is 31.9. The van der Waals surface area contributed by atoms with Gasteiger partial charge in [0.05, 0.1) is 5.56 Å². The van der Waals surface area contributed by atoms with E-state index >= 15 is 0 Å². The fourth-order valence-electron chi connectivity index (χ4n) is 7.86. The van der Waals surface area contributed by atoms with Crippen LogP contribution in [0.25, 0.3) is 111 Å². The van der Waals surface area contributed by atoms with Crippen molar-refractivity contribution in [2.75, 3.05) is 0 Å². The summed E-state index contributed by atoms with van der Waals surface area (Å²) in [5, 5.41) is 4.14. The van der Waals surface area contributed by atoms with Crippen LogP contribution in [0.1, 0.15) is 0 Å². The van der Waals surface area contributed by atoms with Crippen molar-refractivity contribution >= 4 is 43.9 Å². The normalized spacial score (nSPS) is 11.6. The van der Waals surface area contributed by atoms with Gasteiger partial charge < -0.3 is 8.83 Å². The van der Waals surface area contributed by atoms with Crippen molar-refractivity contribution in [3.8, 4) is 67.5 Å². The zero-order valence-corrected chi connectivity index (χ0v) is 30.1. The van der Waals surface area contributed by atoms with Crippen LogP contribution >= 0.6 is 0 Å². The average Bonchev–Trinajstić information content (AvgIpc) is 3.86. The lowest BCUT2D eigenvalue weighted by Crippen LogP contribution is -2.00. The summed E-state index contributed by atoms with van der Waals surface area (Å²) in [7, 11) is 0. The molecular weight excluding hydrogens is 687 g/mol. The molecule has 3 aromatic heterocycles. The summed E-state index contributed by atoms with van der Waals surface area (Å²) in [6, 6.07) is 64.5. The van der Waals surface area contributed by atoms with E-state index in [1.807, 2.05) is 66.7 Å². The van der Waals surface area contributed by atoms with Gasteiger partial charge in [-0.2, -0.15) is 0 Å². The Bertz CT molecular complexity index is 3220. The van der Waals surface area contributed by atoms with Crippen LogP contribution in [0.2, 0.25) is 0 Å². The van der Waals surface area contributed by atoms with E-state index in [1.54, 1.807) is 0 Å². The lowest BCUT2D eigenvalue weighted by atomic mass is 9.93. The third kappa shape index (κ3) is 5.37. The van der Waals surface area contributed by atoms with E-state index in [9.17, 15) is 0 Å². The highest BCUT2D eigenvalue weighted by molar-refractivity contribution is 6.19. The van der Waals surface area contributed by atoms with E-state index in [0.29, 0.717) is 23.1 Å². The summed E-state index contributed by atoms with van der Waals surface area (Å²) in [5.74, 6) is 1.72. The molecule has 11 rings (SSSR count). The molecular formula is C51H31N3O2. The van der Waals surface area contributed by atoms with Crippen molar-refractivity contribution < 1.29 is 8.83 Å². The van der Waals surface area contributed by atoms with E-state index in [0.717, 1.165) is 88.4 Å². The van der Waals surface area contributed by atoms with Crippen molar-refractivity contribution in [1.29, 1.82) is 0 Å². The highest BCUT2D eigenvalue weighted by atomic mass is 16.3.